The number of anilines is 2. The van der Waals surface area contributed by atoms with Gasteiger partial charge in [0.1, 0.15) is 11.6 Å². The third-order valence-electron chi connectivity index (χ3n) is 3.91. The summed E-state index contributed by atoms with van der Waals surface area (Å²) in [6, 6.07) is 12.2. The van der Waals surface area contributed by atoms with Crippen LogP contribution in [0.2, 0.25) is 0 Å². The van der Waals surface area contributed by atoms with Crippen LogP contribution in [0.15, 0.2) is 71.6 Å². The van der Waals surface area contributed by atoms with Gasteiger partial charge < -0.3 is 5.32 Å². The number of benzene rings is 3. The lowest BCUT2D eigenvalue weighted by atomic mass is 10.2. The molecular formula is C19H13F2N3O5S. The predicted molar refractivity (Wildman–Crippen MR) is 105 cm³/mol. The summed E-state index contributed by atoms with van der Waals surface area (Å²) in [7, 11) is -4.25. The van der Waals surface area contributed by atoms with E-state index in [9.17, 15) is 32.1 Å². The maximum absolute atomic E-state index is 14.4. The molecule has 0 aliphatic rings. The number of carbonyl (C=O) groups is 1. The van der Waals surface area contributed by atoms with E-state index in [-0.39, 0.29) is 22.6 Å². The van der Waals surface area contributed by atoms with Gasteiger partial charge in [0.05, 0.1) is 21.2 Å². The monoisotopic (exact) mass is 433 g/mol. The molecular weight excluding hydrogens is 420 g/mol. The Kier molecular flexibility index (Phi) is 5.74. The van der Waals surface area contributed by atoms with Crippen LogP contribution in [0.5, 0.6) is 0 Å². The lowest BCUT2D eigenvalue weighted by Gasteiger charge is -2.11. The average molecular weight is 433 g/mol. The van der Waals surface area contributed by atoms with Gasteiger partial charge in [-0.2, -0.15) is 0 Å². The number of hydrogen-bond donors (Lipinski definition) is 2. The molecule has 0 fully saturated rings. The van der Waals surface area contributed by atoms with Crippen molar-refractivity contribution in [2.24, 2.45) is 0 Å². The number of nitro benzene ring substituents is 1. The van der Waals surface area contributed by atoms with E-state index in [1.165, 1.54) is 30.3 Å². The minimum Gasteiger partial charge on any atom is -0.319 e. The number of halogens is 2. The number of hydrogen-bond acceptors (Lipinski definition) is 5. The Bertz CT molecular complexity index is 1230. The van der Waals surface area contributed by atoms with Crippen LogP contribution >= 0.6 is 0 Å². The van der Waals surface area contributed by atoms with E-state index in [0.29, 0.717) is 6.07 Å². The van der Waals surface area contributed by atoms with Gasteiger partial charge >= 0.3 is 0 Å². The molecule has 0 saturated heterocycles. The first-order chi connectivity index (χ1) is 14.2. The Morgan fingerprint density at radius 2 is 1.67 bits per heavy atom. The van der Waals surface area contributed by atoms with Crippen molar-refractivity contribution in [1.82, 2.24) is 0 Å². The molecule has 0 unspecified atom stereocenters. The van der Waals surface area contributed by atoms with Gasteiger partial charge in [-0.1, -0.05) is 6.07 Å². The van der Waals surface area contributed by atoms with Crippen molar-refractivity contribution in [3.05, 3.63) is 94.0 Å². The van der Waals surface area contributed by atoms with E-state index in [2.05, 4.69) is 10.0 Å². The molecule has 0 saturated carbocycles. The largest absolute Gasteiger partial charge is 0.319 e. The highest BCUT2D eigenvalue weighted by atomic mass is 32.2. The number of carbonyl (C=O) groups excluding carboxylic acids is 1. The zero-order valence-corrected chi connectivity index (χ0v) is 15.8. The molecule has 3 aromatic rings. The molecule has 8 nitrogen and oxygen atoms in total. The number of nitrogens with one attached hydrogen (secondary N) is 2. The van der Waals surface area contributed by atoms with Crippen molar-refractivity contribution >= 4 is 33.0 Å². The third-order valence-corrected chi connectivity index (χ3v) is 5.29. The van der Waals surface area contributed by atoms with Crippen LogP contribution < -0.4 is 10.0 Å². The quantitative estimate of drug-likeness (QED) is 0.451. The summed E-state index contributed by atoms with van der Waals surface area (Å²) in [6.45, 7) is 0. The molecule has 0 atom stereocenters. The Morgan fingerprint density at radius 1 is 0.967 bits per heavy atom. The van der Waals surface area contributed by atoms with E-state index >= 15 is 0 Å². The Balaban J connectivity index is 1.79. The van der Waals surface area contributed by atoms with Crippen molar-refractivity contribution in [3.63, 3.8) is 0 Å². The Morgan fingerprint density at radius 3 is 2.30 bits per heavy atom. The summed E-state index contributed by atoms with van der Waals surface area (Å²) in [6.07, 6.45) is 0. The minimum atomic E-state index is -4.25. The highest BCUT2D eigenvalue weighted by molar-refractivity contribution is 7.92. The number of amides is 1. The highest BCUT2D eigenvalue weighted by Crippen LogP contribution is 2.24. The van der Waals surface area contributed by atoms with Gasteiger partial charge in [-0.15, -0.1) is 0 Å². The standard InChI is InChI=1S/C19H13F2N3O5S/c20-13-6-4-12(5-7-13)19(25)22-18-9-8-16(11-17(18)21)30(28,29)23-14-2-1-3-15(10-14)24(26)27/h1-11,23H,(H,22,25). The van der Waals surface area contributed by atoms with Crippen LogP contribution in [-0.4, -0.2) is 19.2 Å². The molecule has 0 bridgehead atoms. The fourth-order valence-corrected chi connectivity index (χ4v) is 3.52. The first kappa shape index (κ1) is 20.9. The molecule has 0 aliphatic heterocycles. The van der Waals surface area contributed by atoms with Gasteiger partial charge in [-0.3, -0.25) is 19.6 Å². The van der Waals surface area contributed by atoms with Crippen LogP contribution in [0.25, 0.3) is 0 Å². The first-order valence-electron chi connectivity index (χ1n) is 8.29. The second-order valence-electron chi connectivity index (χ2n) is 6.02. The third kappa shape index (κ3) is 4.75. The lowest BCUT2D eigenvalue weighted by molar-refractivity contribution is -0.384. The minimum absolute atomic E-state index is 0.0710. The van der Waals surface area contributed by atoms with Gasteiger partial charge in [-0.25, -0.2) is 17.2 Å². The molecule has 0 heterocycles. The van der Waals surface area contributed by atoms with Crippen molar-refractivity contribution < 1.29 is 26.9 Å². The van der Waals surface area contributed by atoms with Crippen LogP contribution in [0.4, 0.5) is 25.8 Å². The maximum atomic E-state index is 14.4. The predicted octanol–water partition coefficient (Wildman–Crippen LogP) is 3.93. The number of non-ortho nitro benzene ring substituents is 1. The van der Waals surface area contributed by atoms with Crippen LogP contribution in [0, 0.1) is 21.7 Å². The van der Waals surface area contributed by atoms with Crippen molar-refractivity contribution in [2.45, 2.75) is 4.90 Å². The van der Waals surface area contributed by atoms with E-state index in [1.807, 2.05) is 0 Å². The second kappa shape index (κ2) is 8.25. The Labute approximate surface area is 169 Å². The Hall–Kier alpha value is -3.86. The summed E-state index contributed by atoms with van der Waals surface area (Å²) in [5.74, 6) is -2.27. The van der Waals surface area contributed by atoms with Crippen LogP contribution in [-0.2, 0) is 10.0 Å². The fourth-order valence-electron chi connectivity index (χ4n) is 2.46. The molecule has 3 aromatic carbocycles. The summed E-state index contributed by atoms with van der Waals surface area (Å²) in [5, 5.41) is 13.1. The van der Waals surface area contributed by atoms with E-state index < -0.39 is 37.4 Å². The van der Waals surface area contributed by atoms with Crippen molar-refractivity contribution in [1.29, 1.82) is 0 Å². The van der Waals surface area contributed by atoms with Crippen LogP contribution in [0.1, 0.15) is 10.4 Å². The van der Waals surface area contributed by atoms with Crippen LogP contribution in [0.3, 0.4) is 0 Å². The number of nitrogens with zero attached hydrogens (tertiary/aromatic N) is 1. The van der Waals surface area contributed by atoms with Gasteiger partial charge in [0.25, 0.3) is 21.6 Å². The summed E-state index contributed by atoms with van der Waals surface area (Å²) < 4.78 is 54.3. The molecule has 11 heteroatoms. The maximum Gasteiger partial charge on any atom is 0.271 e. The van der Waals surface area contributed by atoms with Gasteiger partial charge in [0.2, 0.25) is 0 Å². The summed E-state index contributed by atoms with van der Waals surface area (Å²) in [4.78, 5) is 21.8. The SMILES string of the molecule is O=C(Nc1ccc(S(=O)(=O)Nc2cccc([N+](=O)[O-])c2)cc1F)c1ccc(F)cc1. The van der Waals surface area contributed by atoms with Gasteiger partial charge in [0.15, 0.2) is 0 Å². The summed E-state index contributed by atoms with van der Waals surface area (Å²) in [5.41, 5.74) is -0.586. The number of sulfonamides is 1. The highest BCUT2D eigenvalue weighted by Gasteiger charge is 2.19. The zero-order valence-electron chi connectivity index (χ0n) is 15.0. The number of nitro groups is 1. The fraction of sp³-hybridized carbons (Fsp3) is 0. The van der Waals surface area contributed by atoms with Gasteiger partial charge in [0, 0.05) is 17.7 Å². The normalized spacial score (nSPS) is 11.0. The number of rotatable bonds is 6. The van der Waals surface area contributed by atoms with Gasteiger partial charge in [-0.05, 0) is 48.5 Å². The molecule has 0 spiro atoms. The van der Waals surface area contributed by atoms with Crippen molar-refractivity contribution in [2.75, 3.05) is 10.0 Å². The lowest BCUT2D eigenvalue weighted by Crippen LogP contribution is -2.15. The molecule has 154 valence electrons. The molecule has 0 radical (unpaired) electrons. The molecule has 2 N–H and O–H groups in total. The molecule has 1 amide bonds. The zero-order chi connectivity index (χ0) is 21.9. The molecule has 0 aromatic heterocycles. The molecule has 3 rings (SSSR count). The van der Waals surface area contributed by atoms with Crippen molar-refractivity contribution in [3.8, 4) is 0 Å². The molecule has 0 aliphatic carbocycles. The topological polar surface area (TPSA) is 118 Å². The van der Waals surface area contributed by atoms with E-state index in [4.69, 9.17) is 0 Å². The smallest absolute Gasteiger partial charge is 0.271 e. The average Bonchev–Trinajstić information content (AvgIpc) is 2.69. The molecule has 30 heavy (non-hydrogen) atoms. The van der Waals surface area contributed by atoms with E-state index in [1.54, 1.807) is 0 Å². The second-order valence-corrected chi connectivity index (χ2v) is 7.70. The first-order valence-corrected chi connectivity index (χ1v) is 9.78. The summed E-state index contributed by atoms with van der Waals surface area (Å²) >= 11 is 0. The van der Waals surface area contributed by atoms with E-state index in [0.717, 1.165) is 30.3 Å².